The van der Waals surface area contributed by atoms with E-state index in [4.69, 9.17) is 4.42 Å². The molecule has 0 aliphatic heterocycles. The van der Waals surface area contributed by atoms with Crippen LogP contribution in [0.4, 0.5) is 0 Å². The van der Waals surface area contributed by atoms with Crippen LogP contribution in [0.25, 0.3) is 98.8 Å². The van der Waals surface area contributed by atoms with Crippen LogP contribution in [-0.2, 0) is 0 Å². The Morgan fingerprint density at radius 3 is 1.27 bits per heavy atom. The van der Waals surface area contributed by atoms with Gasteiger partial charge in [0.1, 0.15) is 11.2 Å². The predicted octanol–water partition coefficient (Wildman–Crippen LogP) is 13.7. The lowest BCUT2D eigenvalue weighted by atomic mass is 9.84. The topological polar surface area (TPSA) is 13.1 Å². The molecule has 49 heavy (non-hydrogen) atoms. The van der Waals surface area contributed by atoms with Gasteiger partial charge in [0.15, 0.2) is 0 Å². The molecule has 0 atom stereocenters. The fourth-order valence-electron chi connectivity index (χ4n) is 7.73. The highest BCUT2D eigenvalue weighted by Crippen LogP contribution is 2.46. The largest absolute Gasteiger partial charge is 0.456 e. The summed E-state index contributed by atoms with van der Waals surface area (Å²) >= 11 is 0. The van der Waals surface area contributed by atoms with Crippen molar-refractivity contribution in [1.29, 1.82) is 0 Å². The lowest BCUT2D eigenvalue weighted by molar-refractivity contribution is 0.669. The van der Waals surface area contributed by atoms with Gasteiger partial charge in [0.2, 0.25) is 0 Å². The second-order valence-electron chi connectivity index (χ2n) is 12.9. The molecule has 0 saturated carbocycles. The number of hydrogen-bond acceptors (Lipinski definition) is 1. The summed E-state index contributed by atoms with van der Waals surface area (Å²) in [5, 5.41) is 9.64. The van der Waals surface area contributed by atoms with E-state index in [9.17, 15) is 0 Å². The molecule has 0 aliphatic carbocycles. The van der Waals surface area contributed by atoms with Gasteiger partial charge in [0.25, 0.3) is 0 Å². The molecule has 0 saturated heterocycles. The zero-order valence-corrected chi connectivity index (χ0v) is 26.7. The molecule has 0 radical (unpaired) electrons. The van der Waals surface area contributed by atoms with Crippen LogP contribution in [0, 0.1) is 0 Å². The Balaban J connectivity index is 1.26. The Labute approximate surface area is 284 Å². The minimum atomic E-state index is 0.908. The molecule has 0 spiro atoms. The number of rotatable bonds is 4. The number of fused-ring (bicyclic) bond motifs is 6. The van der Waals surface area contributed by atoms with Crippen molar-refractivity contribution in [2.45, 2.75) is 0 Å². The van der Waals surface area contributed by atoms with Crippen LogP contribution in [0.3, 0.4) is 0 Å². The van der Waals surface area contributed by atoms with Crippen LogP contribution in [0.1, 0.15) is 0 Å². The molecule has 0 unspecified atom stereocenters. The highest BCUT2D eigenvalue weighted by Gasteiger charge is 2.19. The van der Waals surface area contributed by atoms with E-state index in [1.165, 1.54) is 76.8 Å². The van der Waals surface area contributed by atoms with Crippen molar-refractivity contribution in [3.05, 3.63) is 182 Å². The zero-order chi connectivity index (χ0) is 32.3. The minimum absolute atomic E-state index is 0.908. The Kier molecular flexibility index (Phi) is 6.25. The predicted molar refractivity (Wildman–Crippen MR) is 208 cm³/mol. The molecule has 1 nitrogen and oxygen atoms in total. The minimum Gasteiger partial charge on any atom is -0.456 e. The van der Waals surface area contributed by atoms with Crippen molar-refractivity contribution in [1.82, 2.24) is 0 Å². The first-order chi connectivity index (χ1) is 24.3. The maximum Gasteiger partial charge on any atom is 0.136 e. The number of hydrogen-bond donors (Lipinski definition) is 0. The van der Waals surface area contributed by atoms with Gasteiger partial charge in [-0.25, -0.2) is 0 Å². The van der Waals surface area contributed by atoms with E-state index < -0.39 is 0 Å². The van der Waals surface area contributed by atoms with Crippen molar-refractivity contribution in [2.24, 2.45) is 0 Å². The molecule has 1 heteroatoms. The molecule has 0 bridgehead atoms. The summed E-state index contributed by atoms with van der Waals surface area (Å²) in [5.41, 5.74) is 11.6. The second-order valence-corrected chi connectivity index (χ2v) is 12.9. The molecule has 0 aliphatic rings. The summed E-state index contributed by atoms with van der Waals surface area (Å²) in [5.74, 6) is 0. The molecular formula is C48H30O. The molecule has 1 heterocycles. The highest BCUT2D eigenvalue weighted by molar-refractivity contribution is 6.22. The monoisotopic (exact) mass is 622 g/mol. The van der Waals surface area contributed by atoms with Crippen molar-refractivity contribution in [3.8, 4) is 44.5 Å². The highest BCUT2D eigenvalue weighted by atomic mass is 16.3. The van der Waals surface area contributed by atoms with E-state index >= 15 is 0 Å². The Hall–Kier alpha value is -6.44. The summed E-state index contributed by atoms with van der Waals surface area (Å²) < 4.78 is 6.40. The third-order valence-electron chi connectivity index (χ3n) is 9.99. The van der Waals surface area contributed by atoms with Gasteiger partial charge in [-0.3, -0.25) is 0 Å². The van der Waals surface area contributed by atoms with Crippen LogP contribution in [-0.4, -0.2) is 0 Å². The van der Waals surface area contributed by atoms with E-state index in [1.807, 2.05) is 0 Å². The zero-order valence-electron chi connectivity index (χ0n) is 26.7. The van der Waals surface area contributed by atoms with Gasteiger partial charge in [-0.15, -0.1) is 0 Å². The van der Waals surface area contributed by atoms with E-state index in [0.29, 0.717) is 0 Å². The van der Waals surface area contributed by atoms with Crippen LogP contribution in [0.15, 0.2) is 186 Å². The molecule has 0 N–H and O–H groups in total. The van der Waals surface area contributed by atoms with E-state index in [-0.39, 0.29) is 0 Å². The van der Waals surface area contributed by atoms with Gasteiger partial charge in [-0.1, -0.05) is 140 Å². The van der Waals surface area contributed by atoms with Gasteiger partial charge in [-0.2, -0.15) is 0 Å². The van der Waals surface area contributed by atoms with E-state index in [1.54, 1.807) is 0 Å². The molecule has 9 aromatic carbocycles. The van der Waals surface area contributed by atoms with Crippen molar-refractivity contribution in [2.75, 3.05) is 0 Å². The number of furan rings is 1. The van der Waals surface area contributed by atoms with E-state index in [2.05, 4.69) is 182 Å². The normalized spacial score (nSPS) is 11.7. The average Bonchev–Trinajstić information content (AvgIpc) is 3.53. The number of benzene rings is 9. The fraction of sp³-hybridized carbons (Fsp3) is 0. The van der Waals surface area contributed by atoms with Crippen LogP contribution in [0.5, 0.6) is 0 Å². The molecular weight excluding hydrogens is 593 g/mol. The third-order valence-corrected chi connectivity index (χ3v) is 9.99. The summed E-state index contributed by atoms with van der Waals surface area (Å²) in [7, 11) is 0. The molecule has 0 amide bonds. The van der Waals surface area contributed by atoms with Gasteiger partial charge in [0.05, 0.1) is 0 Å². The molecule has 1 aromatic heterocycles. The SMILES string of the molecule is c1ccc(-c2cc(-c3ccccc3)cc(-c3c4ccccc4c(-c4ccc5oc6cc7ccccc7cc6c5c4)c4ccccc34)c2)cc1. The second kappa shape index (κ2) is 11.1. The van der Waals surface area contributed by atoms with Crippen LogP contribution < -0.4 is 0 Å². The third kappa shape index (κ3) is 4.55. The quantitative estimate of drug-likeness (QED) is 0.178. The Bertz CT molecular complexity index is 2750. The molecule has 10 rings (SSSR count). The standard InChI is InChI=1S/C48H30O/c1-3-13-31(14-4-1)36-25-37(32-15-5-2-6-16-32)27-38(26-36)48-41-21-11-9-19-39(41)47(40-20-10-12-22-42(40)48)35-23-24-45-43(29-35)44-28-33-17-7-8-18-34(33)30-46(44)49-45/h1-30H. The Morgan fingerprint density at radius 1 is 0.245 bits per heavy atom. The molecule has 10 aromatic rings. The lowest BCUT2D eigenvalue weighted by Gasteiger charge is -2.19. The van der Waals surface area contributed by atoms with Gasteiger partial charge < -0.3 is 4.42 Å². The molecule has 228 valence electrons. The van der Waals surface area contributed by atoms with Crippen LogP contribution in [0.2, 0.25) is 0 Å². The summed E-state index contributed by atoms with van der Waals surface area (Å²) in [4.78, 5) is 0. The maximum atomic E-state index is 6.40. The summed E-state index contributed by atoms with van der Waals surface area (Å²) in [6.07, 6.45) is 0. The van der Waals surface area contributed by atoms with Crippen molar-refractivity contribution < 1.29 is 4.42 Å². The van der Waals surface area contributed by atoms with Gasteiger partial charge >= 0.3 is 0 Å². The van der Waals surface area contributed by atoms with Crippen LogP contribution >= 0.6 is 0 Å². The smallest absolute Gasteiger partial charge is 0.136 e. The van der Waals surface area contributed by atoms with Crippen molar-refractivity contribution in [3.63, 3.8) is 0 Å². The van der Waals surface area contributed by atoms with E-state index in [0.717, 1.165) is 21.9 Å². The summed E-state index contributed by atoms with van der Waals surface area (Å²) in [6, 6.07) is 65.9. The first kappa shape index (κ1) is 27.7. The Morgan fingerprint density at radius 2 is 0.694 bits per heavy atom. The summed E-state index contributed by atoms with van der Waals surface area (Å²) in [6.45, 7) is 0. The fourth-order valence-corrected chi connectivity index (χ4v) is 7.73. The maximum absolute atomic E-state index is 6.40. The van der Waals surface area contributed by atoms with Gasteiger partial charge in [0, 0.05) is 10.8 Å². The van der Waals surface area contributed by atoms with Crippen molar-refractivity contribution >= 4 is 54.3 Å². The molecule has 0 fully saturated rings. The first-order valence-electron chi connectivity index (χ1n) is 16.8. The first-order valence-corrected chi connectivity index (χ1v) is 16.8. The lowest BCUT2D eigenvalue weighted by Crippen LogP contribution is -1.92. The van der Waals surface area contributed by atoms with Gasteiger partial charge in [-0.05, 0) is 119 Å². The average molecular weight is 623 g/mol.